The summed E-state index contributed by atoms with van der Waals surface area (Å²) in [6, 6.07) is 0. The van der Waals surface area contributed by atoms with Gasteiger partial charge in [0.25, 0.3) is 0 Å². The molecule has 148 valence electrons. The Kier molecular flexibility index (Phi) is 8.27. The molecule has 0 saturated heterocycles. The summed E-state index contributed by atoms with van der Waals surface area (Å²) in [4.78, 5) is 0. The van der Waals surface area contributed by atoms with Gasteiger partial charge >= 0.3 is 0 Å². The summed E-state index contributed by atoms with van der Waals surface area (Å²) in [5.41, 5.74) is 3.99. The number of phenols is 1. The van der Waals surface area contributed by atoms with E-state index in [1.807, 2.05) is 13.8 Å². The molecule has 2 unspecified atom stereocenters. The lowest BCUT2D eigenvalue weighted by atomic mass is 9.91. The lowest BCUT2D eigenvalue weighted by Gasteiger charge is -2.36. The van der Waals surface area contributed by atoms with Crippen LogP contribution in [-0.2, 0) is 4.74 Å². The van der Waals surface area contributed by atoms with Gasteiger partial charge in [0.1, 0.15) is 11.5 Å². The molecule has 0 amide bonds. The topological polar surface area (TPSA) is 38.7 Å². The van der Waals surface area contributed by atoms with Gasteiger partial charge in [-0.2, -0.15) is 0 Å². The molecule has 2 rings (SSSR count). The highest BCUT2D eigenvalue weighted by Crippen LogP contribution is 2.46. The first-order valence-corrected chi connectivity index (χ1v) is 10.7. The first-order chi connectivity index (χ1) is 12.5. The van der Waals surface area contributed by atoms with Gasteiger partial charge in [-0.1, -0.05) is 58.8 Å². The zero-order valence-electron chi connectivity index (χ0n) is 17.5. The zero-order chi connectivity index (χ0) is 19.1. The molecule has 0 radical (unpaired) electrons. The number of benzene rings is 1. The van der Waals surface area contributed by atoms with Gasteiger partial charge in [-0.3, -0.25) is 0 Å². The van der Waals surface area contributed by atoms with Gasteiger partial charge in [0.2, 0.25) is 6.29 Å². The van der Waals surface area contributed by atoms with E-state index in [1.54, 1.807) is 0 Å². The molecule has 1 N–H and O–H groups in total. The highest BCUT2D eigenvalue weighted by atomic mass is 16.7. The predicted octanol–water partition coefficient (Wildman–Crippen LogP) is 7.03. The van der Waals surface area contributed by atoms with Crippen LogP contribution in [-0.4, -0.2) is 11.4 Å². The number of hydrogen-bond donors (Lipinski definition) is 1. The fraction of sp³-hybridized carbons (Fsp3) is 0.739. The van der Waals surface area contributed by atoms with Crippen LogP contribution in [0, 0.1) is 20.8 Å². The Morgan fingerprint density at radius 1 is 0.769 bits per heavy atom. The monoisotopic (exact) mass is 362 g/mol. The summed E-state index contributed by atoms with van der Waals surface area (Å²) in [5, 5.41) is 10.5. The average molecular weight is 363 g/mol. The number of fused-ring (bicyclic) bond motifs is 1. The van der Waals surface area contributed by atoms with E-state index in [0.717, 1.165) is 53.7 Å². The lowest BCUT2D eigenvalue weighted by Crippen LogP contribution is -2.30. The smallest absolute Gasteiger partial charge is 0.200 e. The van der Waals surface area contributed by atoms with E-state index in [9.17, 15) is 5.11 Å². The Labute approximate surface area is 160 Å². The van der Waals surface area contributed by atoms with Crippen LogP contribution in [0.25, 0.3) is 0 Å². The molecule has 3 nitrogen and oxygen atoms in total. The van der Waals surface area contributed by atoms with Crippen LogP contribution in [0.3, 0.4) is 0 Å². The molecule has 0 spiro atoms. The number of phenolic OH excluding ortho intramolecular Hbond substituents is 1. The Hall–Kier alpha value is -1.22. The van der Waals surface area contributed by atoms with Gasteiger partial charge in [0.15, 0.2) is 0 Å². The number of hydrogen-bond acceptors (Lipinski definition) is 3. The average Bonchev–Trinajstić information content (AvgIpc) is 2.65. The van der Waals surface area contributed by atoms with E-state index in [0.29, 0.717) is 5.75 Å². The minimum absolute atomic E-state index is 0.0389. The van der Waals surface area contributed by atoms with Crippen molar-refractivity contribution in [2.24, 2.45) is 0 Å². The van der Waals surface area contributed by atoms with E-state index in [4.69, 9.17) is 9.47 Å². The molecular formula is C23H38O3. The second-order valence-electron chi connectivity index (χ2n) is 7.84. The van der Waals surface area contributed by atoms with Crippen molar-refractivity contribution in [3.8, 4) is 11.5 Å². The van der Waals surface area contributed by atoms with E-state index >= 15 is 0 Å². The lowest BCUT2D eigenvalue weighted by molar-refractivity contribution is -0.147. The van der Waals surface area contributed by atoms with Crippen molar-refractivity contribution in [2.75, 3.05) is 0 Å². The first-order valence-electron chi connectivity index (χ1n) is 10.7. The molecule has 2 atom stereocenters. The Morgan fingerprint density at radius 3 is 2.00 bits per heavy atom. The van der Waals surface area contributed by atoms with Crippen LogP contribution in [0.1, 0.15) is 106 Å². The molecule has 0 fully saturated rings. The first kappa shape index (κ1) is 21.1. The van der Waals surface area contributed by atoms with E-state index in [1.165, 1.54) is 38.5 Å². The van der Waals surface area contributed by atoms with Crippen LogP contribution >= 0.6 is 0 Å². The Balaban J connectivity index is 2.20. The van der Waals surface area contributed by atoms with Crippen molar-refractivity contribution in [1.29, 1.82) is 0 Å². The van der Waals surface area contributed by atoms with Crippen LogP contribution in [0.4, 0.5) is 0 Å². The SMILES string of the molecule is CCCCCCC1Oc2c(C)c(C)c(O)c(C)c2C(CCCCCC)O1. The normalized spacial score (nSPS) is 19.3. The fourth-order valence-corrected chi connectivity index (χ4v) is 3.91. The molecule has 1 aromatic carbocycles. The number of rotatable bonds is 10. The molecular weight excluding hydrogens is 324 g/mol. The largest absolute Gasteiger partial charge is 0.507 e. The van der Waals surface area contributed by atoms with Gasteiger partial charge < -0.3 is 14.6 Å². The summed E-state index contributed by atoms with van der Waals surface area (Å²) in [6.07, 6.45) is 11.6. The molecule has 0 bridgehead atoms. The number of unbranched alkanes of at least 4 members (excludes halogenated alkanes) is 6. The maximum atomic E-state index is 10.5. The van der Waals surface area contributed by atoms with Crippen molar-refractivity contribution >= 4 is 0 Å². The molecule has 1 heterocycles. The standard InChI is InChI=1S/C23H38O3/c1-6-8-10-12-14-19-21-18(5)22(24)16(3)17(4)23(21)26-20(25-19)15-13-11-9-7-2/h19-20,24H,6-15H2,1-5H3. The predicted molar refractivity (Wildman–Crippen MR) is 108 cm³/mol. The Bertz CT molecular complexity index is 580. The Morgan fingerprint density at radius 2 is 1.38 bits per heavy atom. The van der Waals surface area contributed by atoms with Crippen LogP contribution in [0.5, 0.6) is 11.5 Å². The van der Waals surface area contributed by atoms with Crippen molar-refractivity contribution < 1.29 is 14.6 Å². The summed E-state index contributed by atoms with van der Waals surface area (Å²) in [7, 11) is 0. The summed E-state index contributed by atoms with van der Waals surface area (Å²) >= 11 is 0. The van der Waals surface area contributed by atoms with Crippen molar-refractivity contribution in [3.63, 3.8) is 0 Å². The fourth-order valence-electron chi connectivity index (χ4n) is 3.91. The van der Waals surface area contributed by atoms with E-state index < -0.39 is 0 Å². The van der Waals surface area contributed by atoms with E-state index in [-0.39, 0.29) is 12.4 Å². The zero-order valence-corrected chi connectivity index (χ0v) is 17.5. The van der Waals surface area contributed by atoms with Crippen LogP contribution in [0.2, 0.25) is 0 Å². The quantitative estimate of drug-likeness (QED) is 0.454. The van der Waals surface area contributed by atoms with Gasteiger partial charge in [-0.15, -0.1) is 0 Å². The molecule has 0 aromatic heterocycles. The molecule has 3 heteroatoms. The third-order valence-corrected chi connectivity index (χ3v) is 5.76. The maximum Gasteiger partial charge on any atom is 0.200 e. The summed E-state index contributed by atoms with van der Waals surface area (Å²) < 4.78 is 12.7. The van der Waals surface area contributed by atoms with Gasteiger partial charge in [-0.05, 0) is 44.7 Å². The molecule has 1 aliphatic rings. The molecule has 1 aromatic rings. The third kappa shape index (κ3) is 4.94. The summed E-state index contributed by atoms with van der Waals surface area (Å²) in [6.45, 7) is 10.5. The summed E-state index contributed by atoms with van der Waals surface area (Å²) in [5.74, 6) is 1.36. The molecule has 0 aliphatic carbocycles. The van der Waals surface area contributed by atoms with Gasteiger partial charge in [-0.25, -0.2) is 0 Å². The van der Waals surface area contributed by atoms with Crippen molar-refractivity contribution in [3.05, 3.63) is 22.3 Å². The third-order valence-electron chi connectivity index (χ3n) is 5.76. The maximum absolute atomic E-state index is 10.5. The number of aromatic hydroxyl groups is 1. The minimum atomic E-state index is -0.155. The molecule has 0 saturated carbocycles. The van der Waals surface area contributed by atoms with Gasteiger partial charge in [0, 0.05) is 17.5 Å². The van der Waals surface area contributed by atoms with Gasteiger partial charge in [0.05, 0.1) is 6.10 Å². The highest BCUT2D eigenvalue weighted by molar-refractivity contribution is 5.58. The van der Waals surface area contributed by atoms with Crippen molar-refractivity contribution in [2.45, 2.75) is 111 Å². The second kappa shape index (κ2) is 10.2. The second-order valence-corrected chi connectivity index (χ2v) is 7.84. The minimum Gasteiger partial charge on any atom is -0.507 e. The molecule has 26 heavy (non-hydrogen) atoms. The van der Waals surface area contributed by atoms with Crippen LogP contribution in [0.15, 0.2) is 0 Å². The van der Waals surface area contributed by atoms with Crippen molar-refractivity contribution in [1.82, 2.24) is 0 Å². The van der Waals surface area contributed by atoms with Crippen LogP contribution < -0.4 is 4.74 Å². The number of ether oxygens (including phenoxy) is 2. The highest BCUT2D eigenvalue weighted by Gasteiger charge is 2.33. The molecule has 1 aliphatic heterocycles. The van der Waals surface area contributed by atoms with E-state index in [2.05, 4.69) is 20.8 Å².